The zero-order valence-corrected chi connectivity index (χ0v) is 20.6. The molecule has 182 valence electrons. The molecule has 0 bridgehead atoms. The molecule has 1 amide bonds. The van der Waals surface area contributed by atoms with E-state index < -0.39 is 0 Å². The average molecular weight is 502 g/mol. The van der Waals surface area contributed by atoms with E-state index in [1.165, 1.54) is 10.9 Å². The van der Waals surface area contributed by atoms with Crippen molar-refractivity contribution in [2.24, 2.45) is 7.05 Å². The summed E-state index contributed by atoms with van der Waals surface area (Å²) < 4.78 is 3.10. The van der Waals surface area contributed by atoms with E-state index in [1.54, 1.807) is 54.3 Å². The molecule has 0 radical (unpaired) electrons. The van der Waals surface area contributed by atoms with Crippen molar-refractivity contribution in [1.82, 2.24) is 24.9 Å². The van der Waals surface area contributed by atoms with Crippen LogP contribution in [0.5, 0.6) is 0 Å². The summed E-state index contributed by atoms with van der Waals surface area (Å²) in [6.45, 7) is 2.78. The lowest BCUT2D eigenvalue weighted by Crippen LogP contribution is -2.25. The van der Waals surface area contributed by atoms with Crippen molar-refractivity contribution in [3.8, 4) is 11.8 Å². The van der Waals surface area contributed by atoms with Gasteiger partial charge in [0, 0.05) is 36.9 Å². The fourth-order valence-electron chi connectivity index (χ4n) is 3.59. The second kappa shape index (κ2) is 10.9. The van der Waals surface area contributed by atoms with Crippen LogP contribution in [0, 0.1) is 18.3 Å². The van der Waals surface area contributed by atoms with Crippen LogP contribution in [0.3, 0.4) is 0 Å². The number of nitrogens with one attached hydrogen (secondary N) is 2. The molecular formula is C26H24ClN7O2. The van der Waals surface area contributed by atoms with Crippen molar-refractivity contribution in [1.29, 1.82) is 5.26 Å². The van der Waals surface area contributed by atoms with Gasteiger partial charge in [-0.05, 0) is 37.6 Å². The number of ketones is 1. The summed E-state index contributed by atoms with van der Waals surface area (Å²) in [4.78, 5) is 25.4. The van der Waals surface area contributed by atoms with Crippen LogP contribution in [0.15, 0.2) is 60.9 Å². The number of carbonyl (C=O) groups is 2. The van der Waals surface area contributed by atoms with E-state index in [2.05, 4.69) is 26.9 Å². The predicted octanol–water partition coefficient (Wildman–Crippen LogP) is 3.90. The first kappa shape index (κ1) is 24.7. The SMILES string of the molecule is Cc1ccc(C(=O)c2nn(-c3ccc(Cl)cc3)c(NCCCNC(=O)c3cnn(C)c3)c2C#N)cc1. The first-order valence-corrected chi connectivity index (χ1v) is 11.7. The number of hydrogen-bond acceptors (Lipinski definition) is 6. The van der Waals surface area contributed by atoms with Crippen LogP contribution < -0.4 is 10.6 Å². The summed E-state index contributed by atoms with van der Waals surface area (Å²) in [5.41, 5.74) is 2.81. The summed E-state index contributed by atoms with van der Waals surface area (Å²) in [7, 11) is 1.75. The van der Waals surface area contributed by atoms with Crippen LogP contribution in [-0.4, -0.2) is 44.3 Å². The largest absolute Gasteiger partial charge is 0.369 e. The zero-order valence-electron chi connectivity index (χ0n) is 19.8. The quantitative estimate of drug-likeness (QED) is 0.265. The number of rotatable bonds is 9. The number of benzene rings is 2. The Labute approximate surface area is 213 Å². The molecule has 4 aromatic rings. The Morgan fingerprint density at radius 1 is 1.06 bits per heavy atom. The molecule has 0 fully saturated rings. The van der Waals surface area contributed by atoms with Gasteiger partial charge in [-0.1, -0.05) is 41.4 Å². The molecule has 2 aromatic heterocycles. The van der Waals surface area contributed by atoms with Gasteiger partial charge in [0.05, 0.1) is 17.4 Å². The van der Waals surface area contributed by atoms with E-state index in [9.17, 15) is 14.9 Å². The summed E-state index contributed by atoms with van der Waals surface area (Å²) in [6, 6.07) is 16.2. The molecule has 10 heteroatoms. The molecule has 0 spiro atoms. The van der Waals surface area contributed by atoms with E-state index in [0.29, 0.717) is 47.2 Å². The Kier molecular flexibility index (Phi) is 7.47. The van der Waals surface area contributed by atoms with Crippen LogP contribution >= 0.6 is 11.6 Å². The highest BCUT2D eigenvalue weighted by atomic mass is 35.5. The van der Waals surface area contributed by atoms with Gasteiger partial charge in [-0.3, -0.25) is 14.3 Å². The number of nitriles is 1. The smallest absolute Gasteiger partial charge is 0.254 e. The average Bonchev–Trinajstić information content (AvgIpc) is 3.48. The molecule has 2 heterocycles. The summed E-state index contributed by atoms with van der Waals surface area (Å²) >= 11 is 6.04. The topological polar surface area (TPSA) is 118 Å². The van der Waals surface area contributed by atoms with Crippen LogP contribution in [0.1, 0.15) is 44.0 Å². The number of nitrogens with zero attached hydrogens (tertiary/aromatic N) is 5. The molecule has 0 saturated heterocycles. The lowest BCUT2D eigenvalue weighted by molar-refractivity contribution is 0.0952. The number of hydrogen-bond donors (Lipinski definition) is 2. The molecule has 2 aromatic carbocycles. The molecule has 0 atom stereocenters. The zero-order chi connectivity index (χ0) is 25.7. The van der Waals surface area contributed by atoms with Crippen molar-refractivity contribution >= 4 is 29.1 Å². The number of amides is 1. The van der Waals surface area contributed by atoms with Gasteiger partial charge in [0.25, 0.3) is 5.91 Å². The van der Waals surface area contributed by atoms with Crippen LogP contribution in [0.4, 0.5) is 5.82 Å². The van der Waals surface area contributed by atoms with Crippen LogP contribution in [-0.2, 0) is 7.05 Å². The van der Waals surface area contributed by atoms with Gasteiger partial charge in [0.2, 0.25) is 5.78 Å². The summed E-state index contributed by atoms with van der Waals surface area (Å²) in [6.07, 6.45) is 3.72. The highest BCUT2D eigenvalue weighted by molar-refractivity contribution is 6.30. The Bertz CT molecular complexity index is 1430. The minimum absolute atomic E-state index is 0.0590. The van der Waals surface area contributed by atoms with Crippen LogP contribution in [0.25, 0.3) is 5.69 Å². The molecule has 2 N–H and O–H groups in total. The van der Waals surface area contributed by atoms with Crippen LogP contribution in [0.2, 0.25) is 5.02 Å². The Balaban J connectivity index is 1.55. The van der Waals surface area contributed by atoms with Gasteiger partial charge in [0.1, 0.15) is 17.5 Å². The standard InChI is InChI=1S/C26H24ClN7O2/c1-17-4-6-18(7-5-17)24(35)23-22(14-28)25(34(32-23)21-10-8-20(27)9-11-21)29-12-3-13-30-26(36)19-15-31-33(2)16-19/h4-11,15-16,29H,3,12-13H2,1-2H3,(H,30,36). The predicted molar refractivity (Wildman–Crippen MR) is 137 cm³/mol. The van der Waals surface area contributed by atoms with Crippen molar-refractivity contribution in [3.05, 3.63) is 93.9 Å². The third kappa shape index (κ3) is 5.45. The first-order chi connectivity index (χ1) is 17.4. The molecule has 0 aliphatic rings. The molecular weight excluding hydrogens is 478 g/mol. The minimum Gasteiger partial charge on any atom is -0.369 e. The lowest BCUT2D eigenvalue weighted by atomic mass is 10.0. The van der Waals surface area contributed by atoms with Crippen molar-refractivity contribution in [2.45, 2.75) is 13.3 Å². The van der Waals surface area contributed by atoms with Gasteiger partial charge in [-0.25, -0.2) is 4.68 Å². The Morgan fingerprint density at radius 3 is 2.42 bits per heavy atom. The summed E-state index contributed by atoms with van der Waals surface area (Å²) in [5.74, 6) is -0.155. The Hall–Kier alpha value is -4.42. The maximum atomic E-state index is 13.2. The maximum Gasteiger partial charge on any atom is 0.254 e. The minimum atomic E-state index is -0.342. The molecule has 0 aliphatic carbocycles. The fourth-order valence-corrected chi connectivity index (χ4v) is 3.72. The van der Waals surface area contributed by atoms with Crippen molar-refractivity contribution in [2.75, 3.05) is 18.4 Å². The third-order valence-electron chi connectivity index (χ3n) is 5.50. The summed E-state index contributed by atoms with van der Waals surface area (Å²) in [5, 5.41) is 25.1. The first-order valence-electron chi connectivity index (χ1n) is 11.3. The second-order valence-corrected chi connectivity index (χ2v) is 8.64. The number of carbonyl (C=O) groups excluding carboxylic acids is 2. The lowest BCUT2D eigenvalue weighted by Gasteiger charge is -2.11. The Morgan fingerprint density at radius 2 is 1.78 bits per heavy atom. The van der Waals surface area contributed by atoms with E-state index in [0.717, 1.165) is 5.56 Å². The highest BCUT2D eigenvalue weighted by Gasteiger charge is 2.25. The van der Waals surface area contributed by atoms with Gasteiger partial charge < -0.3 is 10.6 Å². The molecule has 9 nitrogen and oxygen atoms in total. The van der Waals surface area contributed by atoms with E-state index in [1.807, 2.05) is 19.1 Å². The number of aromatic nitrogens is 4. The fraction of sp³-hybridized carbons (Fsp3) is 0.192. The number of halogens is 1. The van der Waals surface area contributed by atoms with Gasteiger partial charge in [0.15, 0.2) is 5.69 Å². The second-order valence-electron chi connectivity index (χ2n) is 8.21. The van der Waals surface area contributed by atoms with E-state index in [-0.39, 0.29) is 22.9 Å². The normalized spacial score (nSPS) is 10.6. The number of aryl methyl sites for hydroxylation is 2. The maximum absolute atomic E-state index is 13.2. The van der Waals surface area contributed by atoms with Gasteiger partial charge in [-0.2, -0.15) is 15.5 Å². The highest BCUT2D eigenvalue weighted by Crippen LogP contribution is 2.26. The van der Waals surface area contributed by atoms with Gasteiger partial charge >= 0.3 is 0 Å². The molecule has 0 aliphatic heterocycles. The molecule has 0 unspecified atom stereocenters. The monoisotopic (exact) mass is 501 g/mol. The number of anilines is 1. The van der Waals surface area contributed by atoms with Gasteiger partial charge in [-0.15, -0.1) is 0 Å². The van der Waals surface area contributed by atoms with E-state index >= 15 is 0 Å². The third-order valence-corrected chi connectivity index (χ3v) is 5.75. The molecule has 36 heavy (non-hydrogen) atoms. The molecule has 4 rings (SSSR count). The van der Waals surface area contributed by atoms with Crippen molar-refractivity contribution < 1.29 is 9.59 Å². The molecule has 0 saturated carbocycles. The van der Waals surface area contributed by atoms with E-state index in [4.69, 9.17) is 11.6 Å². The van der Waals surface area contributed by atoms with Crippen molar-refractivity contribution in [3.63, 3.8) is 0 Å².